The van der Waals surface area contributed by atoms with Gasteiger partial charge in [-0.2, -0.15) is 0 Å². The third kappa shape index (κ3) is 2.36. The van der Waals surface area contributed by atoms with Crippen LogP contribution in [0.4, 0.5) is 0 Å². The van der Waals surface area contributed by atoms with Crippen molar-refractivity contribution < 1.29 is 14.7 Å². The molecule has 0 aliphatic carbocycles. The summed E-state index contributed by atoms with van der Waals surface area (Å²) in [5.41, 5.74) is 1.91. The fourth-order valence-electron chi connectivity index (χ4n) is 1.79. The average Bonchev–Trinajstić information content (AvgIpc) is 2.68. The number of fused-ring (bicyclic) bond motifs is 1. The molecular formula is C13H13NO3. The summed E-state index contributed by atoms with van der Waals surface area (Å²) in [5, 5.41) is 9.54. The van der Waals surface area contributed by atoms with Gasteiger partial charge in [-0.15, -0.1) is 0 Å². The summed E-state index contributed by atoms with van der Waals surface area (Å²) < 4.78 is 1.52. The van der Waals surface area contributed by atoms with E-state index >= 15 is 0 Å². The Hall–Kier alpha value is -2.10. The van der Waals surface area contributed by atoms with E-state index in [1.54, 1.807) is 6.20 Å². The molecule has 0 saturated carbocycles. The quantitative estimate of drug-likeness (QED) is 0.882. The molecular weight excluding hydrogens is 218 g/mol. The number of nitrogens with zero attached hydrogens (tertiary/aromatic N) is 1. The number of hydrogen-bond donors (Lipinski definition) is 1. The molecule has 4 heteroatoms. The first-order chi connectivity index (χ1) is 8.08. The third-order valence-corrected chi connectivity index (χ3v) is 2.67. The van der Waals surface area contributed by atoms with Crippen molar-refractivity contribution in [3.8, 4) is 0 Å². The second kappa shape index (κ2) is 4.41. The summed E-state index contributed by atoms with van der Waals surface area (Å²) in [6, 6.07) is 7.71. The van der Waals surface area contributed by atoms with Crippen LogP contribution < -0.4 is 0 Å². The van der Waals surface area contributed by atoms with Crippen molar-refractivity contribution in [1.82, 2.24) is 4.57 Å². The van der Waals surface area contributed by atoms with E-state index in [0.717, 1.165) is 16.5 Å². The van der Waals surface area contributed by atoms with Gasteiger partial charge in [0.2, 0.25) is 5.91 Å². The number of aryl methyl sites for hydroxylation is 1. The van der Waals surface area contributed by atoms with Crippen LogP contribution >= 0.6 is 0 Å². The largest absolute Gasteiger partial charge is 0.481 e. The molecule has 0 aliphatic heterocycles. The molecule has 0 fully saturated rings. The van der Waals surface area contributed by atoms with Crippen LogP contribution in [0.25, 0.3) is 10.9 Å². The van der Waals surface area contributed by atoms with E-state index in [1.807, 2.05) is 31.2 Å². The van der Waals surface area contributed by atoms with Gasteiger partial charge in [0.05, 0.1) is 11.9 Å². The minimum absolute atomic E-state index is 0.0209. The van der Waals surface area contributed by atoms with E-state index in [1.165, 1.54) is 4.57 Å². The van der Waals surface area contributed by atoms with Crippen molar-refractivity contribution >= 4 is 22.8 Å². The maximum atomic E-state index is 11.8. The number of rotatable bonds is 3. The summed E-state index contributed by atoms with van der Waals surface area (Å²) in [6.45, 7) is 1.96. The van der Waals surface area contributed by atoms with E-state index in [4.69, 9.17) is 5.11 Å². The molecule has 0 atom stereocenters. The number of benzene rings is 1. The molecule has 0 saturated heterocycles. The zero-order valence-corrected chi connectivity index (χ0v) is 9.51. The van der Waals surface area contributed by atoms with Gasteiger partial charge in [-0.05, 0) is 24.6 Å². The average molecular weight is 231 g/mol. The molecule has 1 aromatic carbocycles. The fourth-order valence-corrected chi connectivity index (χ4v) is 1.79. The maximum absolute atomic E-state index is 11.8. The topological polar surface area (TPSA) is 59.3 Å². The number of aliphatic carboxylic acids is 1. The SMILES string of the molecule is Cc1ccc2ccn(C(=O)CCC(=O)O)c2c1. The van der Waals surface area contributed by atoms with Gasteiger partial charge in [0.25, 0.3) is 0 Å². The Morgan fingerprint density at radius 2 is 2.00 bits per heavy atom. The molecule has 0 spiro atoms. The summed E-state index contributed by atoms with van der Waals surface area (Å²) in [4.78, 5) is 22.3. The zero-order valence-electron chi connectivity index (χ0n) is 9.51. The van der Waals surface area contributed by atoms with Crippen molar-refractivity contribution in [1.29, 1.82) is 0 Å². The molecule has 17 heavy (non-hydrogen) atoms. The van der Waals surface area contributed by atoms with Gasteiger partial charge in [-0.3, -0.25) is 14.2 Å². The van der Waals surface area contributed by atoms with Crippen molar-refractivity contribution in [3.05, 3.63) is 36.0 Å². The Balaban J connectivity index is 2.32. The smallest absolute Gasteiger partial charge is 0.303 e. The van der Waals surface area contributed by atoms with Crippen LogP contribution in [0.2, 0.25) is 0 Å². The number of aromatic nitrogens is 1. The van der Waals surface area contributed by atoms with Gasteiger partial charge < -0.3 is 5.11 Å². The maximum Gasteiger partial charge on any atom is 0.303 e. The number of carbonyl (C=O) groups is 2. The Kier molecular flexibility index (Phi) is 2.95. The van der Waals surface area contributed by atoms with Crippen molar-refractivity contribution in [2.75, 3.05) is 0 Å². The van der Waals surface area contributed by atoms with Crippen LogP contribution in [-0.2, 0) is 4.79 Å². The normalized spacial score (nSPS) is 10.6. The lowest BCUT2D eigenvalue weighted by atomic mass is 10.2. The minimum Gasteiger partial charge on any atom is -0.481 e. The highest BCUT2D eigenvalue weighted by molar-refractivity contribution is 5.93. The molecule has 1 aromatic heterocycles. The molecule has 0 radical (unpaired) electrons. The van der Waals surface area contributed by atoms with Crippen molar-refractivity contribution in [2.24, 2.45) is 0 Å². The van der Waals surface area contributed by atoms with Gasteiger partial charge in [0.15, 0.2) is 0 Å². The lowest BCUT2D eigenvalue weighted by Gasteiger charge is -2.03. The van der Waals surface area contributed by atoms with Gasteiger partial charge in [-0.25, -0.2) is 0 Å². The van der Waals surface area contributed by atoms with Crippen LogP contribution in [0, 0.1) is 6.92 Å². The highest BCUT2D eigenvalue weighted by Gasteiger charge is 2.10. The molecule has 1 heterocycles. The third-order valence-electron chi connectivity index (χ3n) is 2.67. The summed E-state index contributed by atoms with van der Waals surface area (Å²) in [5.74, 6) is -1.14. The number of carboxylic acid groups (broad SMARTS) is 1. The van der Waals surface area contributed by atoms with E-state index < -0.39 is 5.97 Å². The molecule has 0 bridgehead atoms. The first kappa shape index (κ1) is 11.4. The van der Waals surface area contributed by atoms with Crippen molar-refractivity contribution in [3.63, 3.8) is 0 Å². The van der Waals surface area contributed by atoms with Gasteiger partial charge in [0.1, 0.15) is 0 Å². The summed E-state index contributed by atoms with van der Waals surface area (Å²) in [6.07, 6.45) is 1.58. The molecule has 1 N–H and O–H groups in total. The highest BCUT2D eigenvalue weighted by atomic mass is 16.4. The minimum atomic E-state index is -0.953. The first-order valence-corrected chi connectivity index (χ1v) is 5.40. The van der Waals surface area contributed by atoms with E-state index in [2.05, 4.69) is 0 Å². The fraction of sp³-hybridized carbons (Fsp3) is 0.231. The molecule has 0 aliphatic rings. The monoisotopic (exact) mass is 231 g/mol. The lowest BCUT2D eigenvalue weighted by molar-refractivity contribution is -0.136. The van der Waals surface area contributed by atoms with Crippen LogP contribution in [0.3, 0.4) is 0 Å². The number of carbonyl (C=O) groups excluding carboxylic acids is 1. The number of hydrogen-bond acceptors (Lipinski definition) is 2. The lowest BCUT2D eigenvalue weighted by Crippen LogP contribution is -2.11. The van der Waals surface area contributed by atoms with Crippen LogP contribution in [0.15, 0.2) is 30.5 Å². The predicted octanol–water partition coefficient (Wildman–Crippen LogP) is 2.45. The summed E-state index contributed by atoms with van der Waals surface area (Å²) >= 11 is 0. The standard InChI is InChI=1S/C13H13NO3/c1-9-2-3-10-6-7-14(11(10)8-9)12(15)4-5-13(16)17/h2-3,6-8H,4-5H2,1H3,(H,16,17). The van der Waals surface area contributed by atoms with E-state index in [-0.39, 0.29) is 18.7 Å². The van der Waals surface area contributed by atoms with E-state index in [9.17, 15) is 9.59 Å². The Morgan fingerprint density at radius 1 is 1.24 bits per heavy atom. The van der Waals surface area contributed by atoms with Crippen LogP contribution in [0.1, 0.15) is 23.2 Å². The van der Waals surface area contributed by atoms with Gasteiger partial charge in [-0.1, -0.05) is 12.1 Å². The summed E-state index contributed by atoms with van der Waals surface area (Å²) in [7, 11) is 0. The molecule has 2 rings (SSSR count). The molecule has 0 amide bonds. The molecule has 88 valence electrons. The van der Waals surface area contributed by atoms with Crippen LogP contribution in [-0.4, -0.2) is 21.6 Å². The van der Waals surface area contributed by atoms with Crippen LogP contribution in [0.5, 0.6) is 0 Å². The second-order valence-corrected chi connectivity index (χ2v) is 4.04. The molecule has 0 unspecified atom stereocenters. The molecule has 2 aromatic rings. The molecule has 4 nitrogen and oxygen atoms in total. The first-order valence-electron chi connectivity index (χ1n) is 5.40. The van der Waals surface area contributed by atoms with Gasteiger partial charge in [0, 0.05) is 18.0 Å². The second-order valence-electron chi connectivity index (χ2n) is 4.04. The Labute approximate surface area is 98.5 Å². The Bertz CT molecular complexity index is 583. The predicted molar refractivity (Wildman–Crippen MR) is 64.2 cm³/mol. The number of carboxylic acids is 1. The Morgan fingerprint density at radius 3 is 2.71 bits per heavy atom. The highest BCUT2D eigenvalue weighted by Crippen LogP contribution is 2.18. The van der Waals surface area contributed by atoms with Gasteiger partial charge >= 0.3 is 5.97 Å². The van der Waals surface area contributed by atoms with E-state index in [0.29, 0.717) is 0 Å². The van der Waals surface area contributed by atoms with Crippen molar-refractivity contribution in [2.45, 2.75) is 19.8 Å². The zero-order chi connectivity index (χ0) is 12.4.